The van der Waals surface area contributed by atoms with E-state index in [1.54, 1.807) is 24.3 Å². The summed E-state index contributed by atoms with van der Waals surface area (Å²) < 4.78 is 0. The minimum Gasteiger partial charge on any atom is -0.390 e. The molecule has 0 aliphatic rings. The number of azide groups is 1. The number of carbonyl (C=O) groups excluding carboxylic acids is 1. The molecule has 6 heteroatoms. The largest absolute Gasteiger partial charge is 0.390 e. The minimum absolute atomic E-state index is 0.0688. The van der Waals surface area contributed by atoms with Gasteiger partial charge < -0.3 is 10.2 Å². The third-order valence-corrected chi connectivity index (χ3v) is 2.36. The number of carbonyl (C=O) groups is 1. The second-order valence-corrected chi connectivity index (χ2v) is 3.60. The van der Waals surface area contributed by atoms with Crippen LogP contribution in [0.4, 0.5) is 0 Å². The van der Waals surface area contributed by atoms with E-state index in [9.17, 15) is 15.0 Å². The van der Waals surface area contributed by atoms with Gasteiger partial charge in [-0.3, -0.25) is 4.79 Å². The number of aliphatic hydroxyl groups excluding tert-OH is 2. The lowest BCUT2D eigenvalue weighted by Gasteiger charge is -2.16. The molecule has 0 amide bonds. The predicted molar refractivity (Wildman–Crippen MR) is 61.4 cm³/mol. The van der Waals surface area contributed by atoms with Gasteiger partial charge in [0.05, 0.1) is 12.6 Å². The van der Waals surface area contributed by atoms with Gasteiger partial charge in [0.2, 0.25) is 0 Å². The van der Waals surface area contributed by atoms with Crippen molar-refractivity contribution in [3.63, 3.8) is 0 Å². The van der Waals surface area contributed by atoms with Crippen LogP contribution in [0.2, 0.25) is 0 Å². The second kappa shape index (κ2) is 6.00. The molecule has 0 heterocycles. The zero-order valence-electron chi connectivity index (χ0n) is 9.32. The van der Waals surface area contributed by atoms with Gasteiger partial charge in [-0.1, -0.05) is 29.4 Å². The average Bonchev–Trinajstić information content (AvgIpc) is 2.35. The van der Waals surface area contributed by atoms with E-state index in [-0.39, 0.29) is 12.3 Å². The maximum atomic E-state index is 11.0. The van der Waals surface area contributed by atoms with Crippen molar-refractivity contribution in [2.24, 2.45) is 5.11 Å². The molecule has 1 aromatic carbocycles. The van der Waals surface area contributed by atoms with Crippen LogP contribution in [0, 0.1) is 0 Å². The number of benzene rings is 1. The van der Waals surface area contributed by atoms with Gasteiger partial charge in [0.25, 0.3) is 0 Å². The number of hydrogen-bond acceptors (Lipinski definition) is 4. The van der Waals surface area contributed by atoms with Crippen molar-refractivity contribution >= 4 is 5.78 Å². The molecular formula is C11H13N3O3. The molecule has 1 rings (SSSR count). The lowest BCUT2D eigenvalue weighted by atomic mass is 10.0. The summed E-state index contributed by atoms with van der Waals surface area (Å²) in [5.41, 5.74) is 9.09. The van der Waals surface area contributed by atoms with Gasteiger partial charge in [0.1, 0.15) is 6.10 Å². The first kappa shape index (κ1) is 13.2. The Labute approximate surface area is 98.1 Å². The Balaban J connectivity index is 2.78. The lowest BCUT2D eigenvalue weighted by Crippen LogP contribution is -2.21. The molecule has 0 aromatic heterocycles. The molecule has 0 spiro atoms. The highest BCUT2D eigenvalue weighted by molar-refractivity contribution is 5.94. The Morgan fingerprint density at radius 1 is 1.41 bits per heavy atom. The first-order valence-corrected chi connectivity index (χ1v) is 5.04. The lowest BCUT2D eigenvalue weighted by molar-refractivity contribution is 0.0244. The van der Waals surface area contributed by atoms with E-state index in [4.69, 9.17) is 5.53 Å². The zero-order chi connectivity index (χ0) is 12.8. The maximum absolute atomic E-state index is 11.0. The molecule has 6 nitrogen and oxygen atoms in total. The molecule has 0 fully saturated rings. The highest BCUT2D eigenvalue weighted by Gasteiger charge is 2.17. The van der Waals surface area contributed by atoms with E-state index in [1.807, 2.05) is 0 Å². The molecule has 17 heavy (non-hydrogen) atoms. The zero-order valence-corrected chi connectivity index (χ0v) is 9.32. The molecule has 2 unspecified atom stereocenters. The van der Waals surface area contributed by atoms with Gasteiger partial charge in [-0.05, 0) is 18.0 Å². The Kier molecular flexibility index (Phi) is 4.66. The molecule has 1 aromatic rings. The molecule has 2 atom stereocenters. The van der Waals surface area contributed by atoms with Crippen LogP contribution in [0.5, 0.6) is 0 Å². The van der Waals surface area contributed by atoms with Gasteiger partial charge in [-0.2, -0.15) is 0 Å². The molecule has 0 saturated heterocycles. The standard InChI is InChI=1S/C11H13N3O3/c1-7(15)8-2-4-9(5-3-8)11(17)10(16)6-13-14-12/h2-5,10-11,16-17H,6H2,1H3. The number of ketones is 1. The molecule has 0 radical (unpaired) electrons. The minimum atomic E-state index is -1.16. The Hall–Kier alpha value is -1.88. The Morgan fingerprint density at radius 3 is 2.47 bits per heavy atom. The fourth-order valence-electron chi connectivity index (χ4n) is 1.36. The molecule has 2 N–H and O–H groups in total. The molecule has 0 aliphatic heterocycles. The van der Waals surface area contributed by atoms with E-state index < -0.39 is 12.2 Å². The van der Waals surface area contributed by atoms with E-state index >= 15 is 0 Å². The highest BCUT2D eigenvalue weighted by Crippen LogP contribution is 2.18. The van der Waals surface area contributed by atoms with Crippen LogP contribution < -0.4 is 0 Å². The number of aliphatic hydroxyl groups is 2. The summed E-state index contributed by atoms with van der Waals surface area (Å²) in [4.78, 5) is 13.5. The van der Waals surface area contributed by atoms with Crippen molar-refractivity contribution in [1.29, 1.82) is 0 Å². The molecule has 90 valence electrons. The fraction of sp³-hybridized carbons (Fsp3) is 0.364. The molecule has 0 saturated carbocycles. The average molecular weight is 235 g/mol. The summed E-state index contributed by atoms with van der Waals surface area (Å²) in [7, 11) is 0. The van der Waals surface area contributed by atoms with E-state index in [1.165, 1.54) is 6.92 Å². The van der Waals surface area contributed by atoms with Crippen molar-refractivity contribution in [3.8, 4) is 0 Å². The topological polar surface area (TPSA) is 106 Å². The van der Waals surface area contributed by atoms with Crippen molar-refractivity contribution in [2.45, 2.75) is 19.1 Å². The quantitative estimate of drug-likeness (QED) is 0.350. The number of nitrogens with zero attached hydrogens (tertiary/aromatic N) is 3. The van der Waals surface area contributed by atoms with Crippen LogP contribution in [-0.2, 0) is 0 Å². The third-order valence-electron chi connectivity index (χ3n) is 2.36. The monoisotopic (exact) mass is 235 g/mol. The third kappa shape index (κ3) is 3.57. The normalized spacial score (nSPS) is 13.6. The Bertz CT molecular complexity index is 438. The maximum Gasteiger partial charge on any atom is 0.159 e. The summed E-state index contributed by atoms with van der Waals surface area (Å²) in [5, 5.41) is 22.4. The van der Waals surface area contributed by atoms with Gasteiger partial charge in [0, 0.05) is 10.5 Å². The van der Waals surface area contributed by atoms with Crippen LogP contribution in [0.15, 0.2) is 29.4 Å². The van der Waals surface area contributed by atoms with Crippen molar-refractivity contribution in [3.05, 3.63) is 45.8 Å². The van der Waals surface area contributed by atoms with Gasteiger partial charge in [-0.15, -0.1) is 0 Å². The van der Waals surface area contributed by atoms with Crippen molar-refractivity contribution in [1.82, 2.24) is 0 Å². The van der Waals surface area contributed by atoms with Crippen molar-refractivity contribution < 1.29 is 15.0 Å². The first-order valence-electron chi connectivity index (χ1n) is 5.04. The molecule has 0 aliphatic carbocycles. The highest BCUT2D eigenvalue weighted by atomic mass is 16.3. The number of hydrogen-bond donors (Lipinski definition) is 2. The number of Topliss-reactive ketones (excluding diaryl/α,β-unsaturated/α-hetero) is 1. The second-order valence-electron chi connectivity index (χ2n) is 3.60. The fourth-order valence-corrected chi connectivity index (χ4v) is 1.36. The summed E-state index contributed by atoms with van der Waals surface area (Å²) in [6, 6.07) is 6.25. The van der Waals surface area contributed by atoms with E-state index in [0.717, 1.165) is 0 Å². The van der Waals surface area contributed by atoms with Crippen LogP contribution in [0.25, 0.3) is 10.4 Å². The summed E-state index contributed by atoms with van der Waals surface area (Å²) in [6.07, 6.45) is -2.30. The predicted octanol–water partition coefficient (Wildman–Crippen LogP) is 1.59. The van der Waals surface area contributed by atoms with Crippen LogP contribution in [-0.4, -0.2) is 28.6 Å². The van der Waals surface area contributed by atoms with Gasteiger partial charge in [0.15, 0.2) is 5.78 Å². The first-order chi connectivity index (χ1) is 8.06. The molecule has 0 bridgehead atoms. The smallest absolute Gasteiger partial charge is 0.159 e. The summed E-state index contributed by atoms with van der Waals surface area (Å²) in [5.74, 6) is -0.0688. The molecular weight excluding hydrogens is 222 g/mol. The Morgan fingerprint density at radius 2 is 2.00 bits per heavy atom. The van der Waals surface area contributed by atoms with Crippen molar-refractivity contribution in [2.75, 3.05) is 6.54 Å². The SMILES string of the molecule is CC(=O)c1ccc(C(O)C(O)CN=[N+]=[N-])cc1. The van der Waals surface area contributed by atoms with Crippen LogP contribution in [0.1, 0.15) is 28.9 Å². The summed E-state index contributed by atoms with van der Waals surface area (Å²) in [6.45, 7) is 1.24. The van der Waals surface area contributed by atoms with Gasteiger partial charge >= 0.3 is 0 Å². The van der Waals surface area contributed by atoms with Crippen LogP contribution >= 0.6 is 0 Å². The summed E-state index contributed by atoms with van der Waals surface area (Å²) >= 11 is 0. The van der Waals surface area contributed by atoms with Gasteiger partial charge in [-0.25, -0.2) is 0 Å². The van der Waals surface area contributed by atoms with Crippen LogP contribution in [0.3, 0.4) is 0 Å². The van der Waals surface area contributed by atoms with E-state index in [2.05, 4.69) is 10.0 Å². The number of rotatable bonds is 5. The van der Waals surface area contributed by atoms with E-state index in [0.29, 0.717) is 11.1 Å².